The lowest BCUT2D eigenvalue weighted by Gasteiger charge is -2.33. The first kappa shape index (κ1) is 16.4. The summed E-state index contributed by atoms with van der Waals surface area (Å²) in [7, 11) is -1.21. The number of benzene rings is 4. The highest BCUT2D eigenvalue weighted by Gasteiger charge is 2.27. The Morgan fingerprint density at radius 1 is 0.385 bits per heavy atom. The smallest absolute Gasteiger partial charge is 0.247 e. The highest BCUT2D eigenvalue weighted by atomic mass is 28.3. The van der Waals surface area contributed by atoms with Gasteiger partial charge in [-0.1, -0.05) is 97.1 Å². The molecule has 1 nitrogen and oxygen atoms in total. The Labute approximate surface area is 156 Å². The average Bonchev–Trinajstić information content (AvgIpc) is 2.74. The maximum absolute atomic E-state index is 2.51. The second-order valence-corrected chi connectivity index (χ2v) is 8.39. The van der Waals surface area contributed by atoms with Gasteiger partial charge in [-0.15, -0.1) is 0 Å². The van der Waals surface area contributed by atoms with Crippen LogP contribution in [0.5, 0.6) is 0 Å². The summed E-state index contributed by atoms with van der Waals surface area (Å²) in [4.78, 5) is 0. The van der Waals surface area contributed by atoms with Crippen molar-refractivity contribution < 1.29 is 0 Å². The Bertz CT molecular complexity index is 765. The van der Waals surface area contributed by atoms with Crippen LogP contribution in [0.2, 0.25) is 0 Å². The Morgan fingerprint density at radius 3 is 1.04 bits per heavy atom. The first-order chi connectivity index (χ1) is 12.9. The quantitative estimate of drug-likeness (QED) is 0.474. The number of rotatable bonds is 5. The average molecular weight is 351 g/mol. The number of hydrogen-bond acceptors (Lipinski definition) is 1. The van der Waals surface area contributed by atoms with Crippen LogP contribution in [-0.2, 0) is 0 Å². The third-order valence-corrected chi connectivity index (χ3v) is 7.07. The molecule has 0 bridgehead atoms. The van der Waals surface area contributed by atoms with Gasteiger partial charge in [-0.25, -0.2) is 0 Å². The zero-order chi connectivity index (χ0) is 17.6. The van der Waals surface area contributed by atoms with Gasteiger partial charge in [-0.2, -0.15) is 0 Å². The molecule has 4 rings (SSSR count). The second-order valence-electron chi connectivity index (χ2n) is 6.09. The molecule has 0 N–H and O–H groups in total. The van der Waals surface area contributed by atoms with Crippen molar-refractivity contribution in [3.63, 3.8) is 0 Å². The second kappa shape index (κ2) is 7.85. The predicted octanol–water partition coefficient (Wildman–Crippen LogP) is 4.63. The molecule has 2 heteroatoms. The van der Waals surface area contributed by atoms with Crippen LogP contribution in [0.25, 0.3) is 0 Å². The molecular formula is C24H20NSi. The molecule has 0 aliphatic rings. The monoisotopic (exact) mass is 350 g/mol. The minimum absolute atomic E-state index is 1.21. The van der Waals surface area contributed by atoms with Crippen molar-refractivity contribution in [1.29, 1.82) is 0 Å². The maximum Gasteiger partial charge on any atom is 0.247 e. The van der Waals surface area contributed by atoms with Crippen LogP contribution in [0.1, 0.15) is 0 Å². The lowest BCUT2D eigenvalue weighted by Crippen LogP contribution is -2.54. The summed E-state index contributed by atoms with van der Waals surface area (Å²) >= 11 is 0. The third kappa shape index (κ3) is 3.46. The van der Waals surface area contributed by atoms with Gasteiger partial charge in [0.05, 0.1) is 0 Å². The minimum atomic E-state index is -1.21. The zero-order valence-electron chi connectivity index (χ0n) is 14.5. The molecule has 4 aromatic rings. The molecule has 0 fully saturated rings. The van der Waals surface area contributed by atoms with Crippen LogP contribution in [0, 0.1) is 0 Å². The summed E-state index contributed by atoms with van der Waals surface area (Å²) in [6.45, 7) is 0. The largest absolute Gasteiger partial charge is 0.360 e. The van der Waals surface area contributed by atoms with Crippen LogP contribution >= 0.6 is 0 Å². The van der Waals surface area contributed by atoms with Crippen molar-refractivity contribution in [2.24, 2.45) is 0 Å². The summed E-state index contributed by atoms with van der Waals surface area (Å²) in [6.07, 6.45) is 0. The van der Waals surface area contributed by atoms with E-state index in [0.29, 0.717) is 0 Å². The molecule has 0 aliphatic carbocycles. The molecule has 4 aromatic carbocycles. The van der Waals surface area contributed by atoms with Crippen molar-refractivity contribution in [2.75, 3.05) is 4.57 Å². The Morgan fingerprint density at radius 2 is 0.692 bits per heavy atom. The van der Waals surface area contributed by atoms with Gasteiger partial charge in [0.25, 0.3) is 0 Å². The molecule has 0 aliphatic heterocycles. The summed E-state index contributed by atoms with van der Waals surface area (Å²) in [5, 5.41) is 2.74. The van der Waals surface area contributed by atoms with Gasteiger partial charge < -0.3 is 4.57 Å². The zero-order valence-corrected chi connectivity index (χ0v) is 15.5. The first-order valence-electron chi connectivity index (χ1n) is 8.81. The van der Waals surface area contributed by atoms with E-state index < -0.39 is 8.96 Å². The number of para-hydroxylation sites is 2. The van der Waals surface area contributed by atoms with Crippen LogP contribution in [-0.4, -0.2) is 8.96 Å². The van der Waals surface area contributed by atoms with Gasteiger partial charge in [0.1, 0.15) is 0 Å². The van der Waals surface area contributed by atoms with Gasteiger partial charge >= 0.3 is 0 Å². The minimum Gasteiger partial charge on any atom is -0.360 e. The van der Waals surface area contributed by atoms with E-state index in [0.717, 1.165) is 0 Å². The van der Waals surface area contributed by atoms with E-state index in [1.807, 2.05) is 0 Å². The number of hydrogen-bond donors (Lipinski definition) is 0. The predicted molar refractivity (Wildman–Crippen MR) is 113 cm³/mol. The molecule has 0 amide bonds. The summed E-state index contributed by atoms with van der Waals surface area (Å²) in [6, 6.07) is 43.1. The highest BCUT2D eigenvalue weighted by molar-refractivity contribution is 6.89. The van der Waals surface area contributed by atoms with Gasteiger partial charge in [0, 0.05) is 11.4 Å². The van der Waals surface area contributed by atoms with Gasteiger partial charge in [0.15, 0.2) is 0 Å². The van der Waals surface area contributed by atoms with Crippen molar-refractivity contribution in [3.05, 3.63) is 121 Å². The normalized spacial score (nSPS) is 10.7. The van der Waals surface area contributed by atoms with E-state index in [1.165, 1.54) is 21.7 Å². The van der Waals surface area contributed by atoms with Crippen molar-refractivity contribution in [2.45, 2.75) is 0 Å². The third-order valence-electron chi connectivity index (χ3n) is 4.35. The summed E-state index contributed by atoms with van der Waals surface area (Å²) in [5.74, 6) is 0. The fourth-order valence-corrected chi connectivity index (χ4v) is 5.86. The van der Waals surface area contributed by atoms with E-state index in [1.54, 1.807) is 0 Å². The van der Waals surface area contributed by atoms with Crippen LogP contribution in [0.3, 0.4) is 0 Å². The molecule has 1 radical (unpaired) electrons. The molecule has 0 heterocycles. The SMILES string of the molecule is c1ccc(N(c2ccccc2)[Si](c2ccccc2)c2ccccc2)cc1. The molecule has 0 unspecified atom stereocenters. The van der Waals surface area contributed by atoms with Crippen molar-refractivity contribution >= 4 is 30.7 Å². The number of anilines is 2. The fourth-order valence-electron chi connectivity index (χ4n) is 3.18. The topological polar surface area (TPSA) is 3.24 Å². The summed E-state index contributed by atoms with van der Waals surface area (Å²) in [5.41, 5.74) is 2.44. The van der Waals surface area contributed by atoms with Gasteiger partial charge in [-0.3, -0.25) is 0 Å². The maximum atomic E-state index is 2.51. The molecular weight excluding hydrogens is 330 g/mol. The fraction of sp³-hybridized carbons (Fsp3) is 0. The van der Waals surface area contributed by atoms with Crippen LogP contribution in [0.15, 0.2) is 121 Å². The molecule has 0 saturated carbocycles. The van der Waals surface area contributed by atoms with Gasteiger partial charge in [-0.05, 0) is 34.6 Å². The lowest BCUT2D eigenvalue weighted by atomic mass is 10.3. The van der Waals surface area contributed by atoms with E-state index in [-0.39, 0.29) is 0 Å². The van der Waals surface area contributed by atoms with Crippen LogP contribution in [0.4, 0.5) is 11.4 Å². The Balaban J connectivity index is 1.93. The highest BCUT2D eigenvalue weighted by Crippen LogP contribution is 2.26. The van der Waals surface area contributed by atoms with Gasteiger partial charge in [0.2, 0.25) is 8.96 Å². The molecule has 0 spiro atoms. The van der Waals surface area contributed by atoms with E-state index >= 15 is 0 Å². The summed E-state index contributed by atoms with van der Waals surface area (Å²) < 4.78 is 2.51. The standard InChI is InChI=1S/C24H20NSi/c1-5-13-21(14-6-1)25(22-15-7-2-8-16-22)26(23-17-9-3-10-18-23)24-19-11-4-12-20-24/h1-20H. The Kier molecular flexibility index (Phi) is 4.94. The van der Waals surface area contributed by atoms with Crippen molar-refractivity contribution in [1.82, 2.24) is 0 Å². The number of nitrogens with zero attached hydrogens (tertiary/aromatic N) is 1. The van der Waals surface area contributed by atoms with E-state index in [9.17, 15) is 0 Å². The molecule has 0 aromatic heterocycles. The Hall–Kier alpha value is -3.10. The molecule has 26 heavy (non-hydrogen) atoms. The molecule has 125 valence electrons. The molecule has 0 saturated heterocycles. The van der Waals surface area contributed by atoms with Crippen molar-refractivity contribution in [3.8, 4) is 0 Å². The first-order valence-corrected chi connectivity index (χ1v) is 10.3. The van der Waals surface area contributed by atoms with E-state index in [2.05, 4.69) is 126 Å². The molecule has 0 atom stereocenters. The van der Waals surface area contributed by atoms with Crippen LogP contribution < -0.4 is 14.9 Å². The lowest BCUT2D eigenvalue weighted by molar-refractivity contribution is 1.38. The van der Waals surface area contributed by atoms with E-state index in [4.69, 9.17) is 0 Å².